The summed E-state index contributed by atoms with van der Waals surface area (Å²) in [5.41, 5.74) is 20.3. The largest absolute Gasteiger partial charge is 0.399 e. The lowest BCUT2D eigenvalue weighted by Gasteiger charge is -2.34. The first kappa shape index (κ1) is 11.7. The molecule has 17 heavy (non-hydrogen) atoms. The van der Waals surface area contributed by atoms with E-state index in [1.807, 2.05) is 42.5 Å². The first-order chi connectivity index (χ1) is 7.99. The first-order valence-corrected chi connectivity index (χ1v) is 5.79. The molecule has 0 amide bonds. The summed E-state index contributed by atoms with van der Waals surface area (Å²) in [4.78, 5) is 0. The molecule has 2 atom stereocenters. The molecule has 0 fully saturated rings. The second kappa shape index (κ2) is 4.26. The molecule has 2 unspecified atom stereocenters. The third-order valence-electron chi connectivity index (χ3n) is 3.34. The third-order valence-corrected chi connectivity index (χ3v) is 3.34. The van der Waals surface area contributed by atoms with Gasteiger partial charge in [0.2, 0.25) is 0 Å². The van der Waals surface area contributed by atoms with Crippen LogP contribution in [0, 0.1) is 5.92 Å². The number of allylic oxidation sites excluding steroid dienone is 1. The summed E-state index contributed by atoms with van der Waals surface area (Å²) < 4.78 is 0. The van der Waals surface area contributed by atoms with Gasteiger partial charge >= 0.3 is 0 Å². The predicted octanol–water partition coefficient (Wildman–Crippen LogP) is 1.56. The summed E-state index contributed by atoms with van der Waals surface area (Å²) in [5.74, 6) is 0.217. The maximum Gasteiger partial charge on any atom is 0.0445 e. The van der Waals surface area contributed by atoms with E-state index >= 15 is 0 Å². The van der Waals surface area contributed by atoms with Crippen LogP contribution in [0.15, 0.2) is 48.2 Å². The molecule has 90 valence electrons. The molecule has 0 bridgehead atoms. The third kappa shape index (κ3) is 2.50. The maximum absolute atomic E-state index is 6.42. The van der Waals surface area contributed by atoms with E-state index in [9.17, 15) is 0 Å². The van der Waals surface area contributed by atoms with Crippen LogP contribution in [0.4, 0.5) is 5.69 Å². The van der Waals surface area contributed by atoms with Gasteiger partial charge in [0.25, 0.3) is 0 Å². The van der Waals surface area contributed by atoms with Crippen molar-refractivity contribution in [2.75, 3.05) is 5.73 Å². The fourth-order valence-electron chi connectivity index (χ4n) is 2.18. The van der Waals surface area contributed by atoms with Gasteiger partial charge in [0.05, 0.1) is 0 Å². The van der Waals surface area contributed by atoms with Crippen LogP contribution < -0.4 is 17.2 Å². The minimum Gasteiger partial charge on any atom is -0.399 e. The van der Waals surface area contributed by atoms with Gasteiger partial charge in [-0.3, -0.25) is 0 Å². The van der Waals surface area contributed by atoms with Gasteiger partial charge in [0.1, 0.15) is 0 Å². The molecule has 0 saturated heterocycles. The van der Waals surface area contributed by atoms with Crippen molar-refractivity contribution in [2.45, 2.75) is 18.9 Å². The van der Waals surface area contributed by atoms with Crippen molar-refractivity contribution in [1.29, 1.82) is 0 Å². The van der Waals surface area contributed by atoms with Crippen molar-refractivity contribution in [1.82, 2.24) is 0 Å². The molecule has 3 heteroatoms. The second-order valence-corrected chi connectivity index (χ2v) is 4.82. The van der Waals surface area contributed by atoms with Gasteiger partial charge in [-0.25, -0.2) is 0 Å². The molecule has 2 rings (SSSR count). The van der Waals surface area contributed by atoms with Crippen molar-refractivity contribution in [2.24, 2.45) is 17.4 Å². The molecule has 3 nitrogen and oxygen atoms in total. The number of hydrogen-bond acceptors (Lipinski definition) is 3. The molecular formula is C14H19N3. The van der Waals surface area contributed by atoms with Crippen LogP contribution in [0.5, 0.6) is 0 Å². The van der Waals surface area contributed by atoms with Gasteiger partial charge in [0, 0.05) is 16.9 Å². The quantitative estimate of drug-likeness (QED) is 0.673. The van der Waals surface area contributed by atoms with E-state index in [0.717, 1.165) is 23.4 Å². The lowest BCUT2D eigenvalue weighted by molar-refractivity contribution is 0.411. The Morgan fingerprint density at radius 1 is 1.29 bits per heavy atom. The lowest BCUT2D eigenvalue weighted by Crippen LogP contribution is -2.47. The van der Waals surface area contributed by atoms with E-state index in [0.29, 0.717) is 0 Å². The zero-order valence-corrected chi connectivity index (χ0v) is 10.1. The minimum absolute atomic E-state index is 0.217. The molecule has 1 aliphatic rings. The van der Waals surface area contributed by atoms with Crippen molar-refractivity contribution in [3.8, 4) is 0 Å². The average molecular weight is 229 g/mol. The summed E-state index contributed by atoms with van der Waals surface area (Å²) >= 11 is 0. The fourth-order valence-corrected chi connectivity index (χ4v) is 2.18. The van der Waals surface area contributed by atoms with Gasteiger partial charge in [-0.15, -0.1) is 0 Å². The van der Waals surface area contributed by atoms with Crippen LogP contribution in [-0.2, 0) is 6.42 Å². The Kier molecular flexibility index (Phi) is 2.94. The molecule has 0 aromatic heterocycles. The Balaban J connectivity index is 2.21. The smallest absolute Gasteiger partial charge is 0.0445 e. The van der Waals surface area contributed by atoms with Crippen LogP contribution in [-0.4, -0.2) is 5.54 Å². The second-order valence-electron chi connectivity index (χ2n) is 4.82. The zero-order chi connectivity index (χ0) is 12.5. The van der Waals surface area contributed by atoms with E-state index in [-0.39, 0.29) is 11.5 Å². The lowest BCUT2D eigenvalue weighted by atomic mass is 9.77. The molecule has 0 saturated carbocycles. The molecule has 1 aromatic rings. The standard InChI is InChI=1S/C14H19N3/c1-10-7-13(16)5-6-14(10,17)9-11-3-2-4-12(15)8-11/h2-8,10H,9,15-17H2,1H3. The Morgan fingerprint density at radius 2 is 2.06 bits per heavy atom. The van der Waals surface area contributed by atoms with Crippen LogP contribution in [0.3, 0.4) is 0 Å². The highest BCUT2D eigenvalue weighted by atomic mass is 14.8. The molecular weight excluding hydrogens is 210 g/mol. The molecule has 0 spiro atoms. The molecule has 1 aliphatic carbocycles. The van der Waals surface area contributed by atoms with E-state index < -0.39 is 0 Å². The first-order valence-electron chi connectivity index (χ1n) is 5.79. The Labute approximate surface area is 102 Å². The summed E-state index contributed by atoms with van der Waals surface area (Å²) in [7, 11) is 0. The van der Waals surface area contributed by atoms with Gasteiger partial charge in [-0.1, -0.05) is 31.2 Å². The number of rotatable bonds is 2. The monoisotopic (exact) mass is 229 g/mol. The number of hydrogen-bond donors (Lipinski definition) is 3. The molecule has 0 heterocycles. The molecule has 6 N–H and O–H groups in total. The fraction of sp³-hybridized carbons (Fsp3) is 0.286. The van der Waals surface area contributed by atoms with E-state index in [1.54, 1.807) is 0 Å². The highest BCUT2D eigenvalue weighted by molar-refractivity contribution is 5.42. The van der Waals surface area contributed by atoms with E-state index in [1.165, 1.54) is 0 Å². The number of nitrogens with two attached hydrogens (primary N) is 3. The van der Waals surface area contributed by atoms with Gasteiger partial charge in [-0.05, 0) is 36.1 Å². The van der Waals surface area contributed by atoms with Crippen molar-refractivity contribution >= 4 is 5.69 Å². The minimum atomic E-state index is -0.378. The van der Waals surface area contributed by atoms with Gasteiger partial charge in [-0.2, -0.15) is 0 Å². The summed E-state index contributed by atoms with van der Waals surface area (Å²) in [6.45, 7) is 2.09. The van der Waals surface area contributed by atoms with Gasteiger partial charge in [0.15, 0.2) is 0 Å². The molecule has 1 aromatic carbocycles. The number of nitrogen functional groups attached to an aromatic ring is 1. The SMILES string of the molecule is CC1C=C(N)C=CC1(N)Cc1cccc(N)c1. The van der Waals surface area contributed by atoms with Crippen LogP contribution >= 0.6 is 0 Å². The molecule has 0 aliphatic heterocycles. The van der Waals surface area contributed by atoms with Crippen molar-refractivity contribution < 1.29 is 0 Å². The molecule has 0 radical (unpaired) electrons. The topological polar surface area (TPSA) is 78.1 Å². The number of benzene rings is 1. The number of anilines is 1. The van der Waals surface area contributed by atoms with Crippen LogP contribution in [0.2, 0.25) is 0 Å². The normalized spacial score (nSPS) is 27.9. The summed E-state index contributed by atoms with van der Waals surface area (Å²) in [6, 6.07) is 7.85. The summed E-state index contributed by atoms with van der Waals surface area (Å²) in [6.07, 6.45) is 6.65. The summed E-state index contributed by atoms with van der Waals surface area (Å²) in [5, 5.41) is 0. The Bertz CT molecular complexity index is 476. The van der Waals surface area contributed by atoms with Crippen molar-refractivity contribution in [3.05, 3.63) is 53.8 Å². The predicted molar refractivity (Wildman–Crippen MR) is 72.1 cm³/mol. The highest BCUT2D eigenvalue weighted by Crippen LogP contribution is 2.27. The zero-order valence-electron chi connectivity index (χ0n) is 10.1. The highest BCUT2D eigenvalue weighted by Gasteiger charge is 2.30. The van der Waals surface area contributed by atoms with Crippen LogP contribution in [0.25, 0.3) is 0 Å². The average Bonchev–Trinajstić information content (AvgIpc) is 2.25. The Hall–Kier alpha value is -1.74. The van der Waals surface area contributed by atoms with E-state index in [2.05, 4.69) is 6.92 Å². The van der Waals surface area contributed by atoms with Crippen molar-refractivity contribution in [3.63, 3.8) is 0 Å². The maximum atomic E-state index is 6.42. The Morgan fingerprint density at radius 3 is 2.71 bits per heavy atom. The van der Waals surface area contributed by atoms with E-state index in [4.69, 9.17) is 17.2 Å². The van der Waals surface area contributed by atoms with Crippen LogP contribution in [0.1, 0.15) is 12.5 Å². The van der Waals surface area contributed by atoms with Gasteiger partial charge < -0.3 is 17.2 Å².